The van der Waals surface area contributed by atoms with Crippen LogP contribution in [0.3, 0.4) is 0 Å². The lowest BCUT2D eigenvalue weighted by Gasteiger charge is -2.15. The number of ether oxygens (including phenoxy) is 2. The van der Waals surface area contributed by atoms with Crippen molar-refractivity contribution in [3.63, 3.8) is 0 Å². The van der Waals surface area contributed by atoms with E-state index in [-0.39, 0.29) is 13.0 Å². The van der Waals surface area contributed by atoms with E-state index in [1.807, 2.05) is 0 Å². The molecule has 1 aromatic rings. The molecule has 5 nitrogen and oxygen atoms in total. The van der Waals surface area contributed by atoms with Crippen LogP contribution in [0.1, 0.15) is 51.5 Å². The summed E-state index contributed by atoms with van der Waals surface area (Å²) in [6.45, 7) is 11.4. The second-order valence-electron chi connectivity index (χ2n) is 6.89. The minimum atomic E-state index is -5.18. The largest absolute Gasteiger partial charge is 0.515 e. The fourth-order valence-electron chi connectivity index (χ4n) is 2.80. The summed E-state index contributed by atoms with van der Waals surface area (Å²) in [7, 11) is 0. The molecule has 1 N–H and O–H groups in total. The van der Waals surface area contributed by atoms with E-state index >= 15 is 0 Å². The van der Waals surface area contributed by atoms with Crippen LogP contribution in [0.25, 0.3) is 4.85 Å². The van der Waals surface area contributed by atoms with E-state index in [1.54, 1.807) is 24.3 Å². The first-order valence-corrected chi connectivity index (χ1v) is 9.99. The summed E-state index contributed by atoms with van der Waals surface area (Å²) < 4.78 is 47.7. The Balaban J connectivity index is 2.46. The van der Waals surface area contributed by atoms with Crippen LogP contribution < -0.4 is 4.74 Å². The molecular weight excluding hydrogens is 399 g/mol. The number of benzene rings is 1. The van der Waals surface area contributed by atoms with Crippen LogP contribution in [0.15, 0.2) is 35.7 Å². The number of rotatable bonds is 12. The van der Waals surface area contributed by atoms with Gasteiger partial charge >= 0.3 is 17.8 Å². The third kappa shape index (κ3) is 8.76. The molecular formula is C22H28F3NO4. The van der Waals surface area contributed by atoms with Gasteiger partial charge in [0, 0.05) is 6.42 Å². The first kappa shape index (κ1) is 25.3. The van der Waals surface area contributed by atoms with Crippen molar-refractivity contribution >= 4 is 5.97 Å². The average molecular weight is 427 g/mol. The monoisotopic (exact) mass is 427 g/mol. The maximum absolute atomic E-state index is 12.4. The third-order valence-corrected chi connectivity index (χ3v) is 4.68. The predicted molar refractivity (Wildman–Crippen MR) is 107 cm³/mol. The van der Waals surface area contributed by atoms with Crippen molar-refractivity contribution in [2.24, 2.45) is 5.92 Å². The van der Waals surface area contributed by atoms with Crippen LogP contribution in [0.5, 0.6) is 5.75 Å². The number of hydrogen-bond donors (Lipinski definition) is 1. The maximum Gasteiger partial charge on any atom is 0.438 e. The van der Waals surface area contributed by atoms with Gasteiger partial charge < -0.3 is 14.6 Å². The molecule has 0 saturated heterocycles. The summed E-state index contributed by atoms with van der Waals surface area (Å²) in [6, 6.07) is 7.11. The Hall–Kier alpha value is -2.69. The third-order valence-electron chi connectivity index (χ3n) is 4.68. The normalized spacial score (nSPS) is 13.2. The smallest absolute Gasteiger partial charge is 0.438 e. The zero-order valence-electron chi connectivity index (χ0n) is 17.3. The van der Waals surface area contributed by atoms with Gasteiger partial charge in [0.2, 0.25) is 5.76 Å². The van der Waals surface area contributed by atoms with Gasteiger partial charge in [-0.25, -0.2) is 4.85 Å². The molecule has 0 amide bonds. The summed E-state index contributed by atoms with van der Waals surface area (Å²) in [6.07, 6.45) is 0.815. The quantitative estimate of drug-likeness (QED) is 0.192. The topological polar surface area (TPSA) is 60.1 Å². The molecule has 0 aliphatic carbocycles. The van der Waals surface area contributed by atoms with Crippen molar-refractivity contribution in [2.75, 3.05) is 13.2 Å². The van der Waals surface area contributed by atoms with Crippen LogP contribution in [-0.2, 0) is 16.0 Å². The van der Waals surface area contributed by atoms with Crippen molar-refractivity contribution in [3.05, 3.63) is 52.7 Å². The highest BCUT2D eigenvalue weighted by atomic mass is 19.4. The average Bonchev–Trinajstić information content (AvgIpc) is 2.71. The molecule has 1 rings (SSSR count). The standard InChI is InChI=1S/C22H28F3NO4/c1-4-6-7-16(5-2)12-14-29-18-10-8-17(9-11-18)13-15-30-21(28)19(26-3)20(27)22(23,24)25/h8-11,16,27H,4-7,12-15H2,1-2H3/b20-19+. The number of alkyl halides is 3. The molecule has 0 fully saturated rings. The van der Waals surface area contributed by atoms with Crippen LogP contribution >= 0.6 is 0 Å². The fourth-order valence-corrected chi connectivity index (χ4v) is 2.80. The lowest BCUT2D eigenvalue weighted by molar-refractivity contribution is -0.142. The lowest BCUT2D eigenvalue weighted by atomic mass is 9.96. The van der Waals surface area contributed by atoms with Crippen molar-refractivity contribution in [1.29, 1.82) is 0 Å². The molecule has 0 aliphatic rings. The number of esters is 1. The SMILES string of the molecule is [C-]#[N+]/C(C(=O)OCCc1ccc(OCCC(CC)CCCC)cc1)=C(/O)C(F)(F)F. The highest BCUT2D eigenvalue weighted by Gasteiger charge is 2.39. The molecule has 1 unspecified atom stereocenters. The second-order valence-corrected chi connectivity index (χ2v) is 6.89. The summed E-state index contributed by atoms with van der Waals surface area (Å²) in [5.74, 6) is -2.38. The Morgan fingerprint density at radius 3 is 2.37 bits per heavy atom. The molecule has 0 spiro atoms. The van der Waals surface area contributed by atoms with Gasteiger partial charge in [0.15, 0.2) is 0 Å². The van der Waals surface area contributed by atoms with Crippen molar-refractivity contribution < 1.29 is 32.5 Å². The minimum absolute atomic E-state index is 0.223. The van der Waals surface area contributed by atoms with Crippen molar-refractivity contribution in [1.82, 2.24) is 0 Å². The number of unbranched alkanes of at least 4 members (excludes halogenated alkanes) is 1. The Morgan fingerprint density at radius 2 is 1.83 bits per heavy atom. The fraction of sp³-hybridized carbons (Fsp3) is 0.545. The second kappa shape index (κ2) is 12.8. The summed E-state index contributed by atoms with van der Waals surface area (Å²) in [4.78, 5) is 14.0. The Morgan fingerprint density at radius 1 is 1.17 bits per heavy atom. The zero-order chi connectivity index (χ0) is 22.6. The van der Waals surface area contributed by atoms with Gasteiger partial charge in [-0.1, -0.05) is 51.7 Å². The zero-order valence-corrected chi connectivity index (χ0v) is 17.3. The predicted octanol–water partition coefficient (Wildman–Crippen LogP) is 6.01. The summed E-state index contributed by atoms with van der Waals surface area (Å²) in [5.41, 5.74) is -0.687. The molecule has 30 heavy (non-hydrogen) atoms. The van der Waals surface area contributed by atoms with E-state index in [1.165, 1.54) is 19.3 Å². The number of carbonyl (C=O) groups excluding carboxylic acids is 1. The molecule has 0 radical (unpaired) electrons. The van der Waals surface area contributed by atoms with E-state index in [0.29, 0.717) is 12.5 Å². The Labute approximate surface area is 175 Å². The number of aliphatic hydroxyl groups excluding tert-OH is 1. The van der Waals surface area contributed by atoms with E-state index in [4.69, 9.17) is 16.4 Å². The first-order valence-electron chi connectivity index (χ1n) is 9.99. The van der Waals surface area contributed by atoms with Crippen LogP contribution in [0.2, 0.25) is 0 Å². The molecule has 1 atom stereocenters. The molecule has 0 bridgehead atoms. The van der Waals surface area contributed by atoms with E-state index in [0.717, 1.165) is 24.2 Å². The Kier molecular flexibility index (Phi) is 10.8. The minimum Gasteiger partial charge on any atom is -0.515 e. The summed E-state index contributed by atoms with van der Waals surface area (Å²) in [5, 5.41) is 8.95. The number of carbonyl (C=O) groups is 1. The molecule has 1 aromatic carbocycles. The number of halogens is 3. The van der Waals surface area contributed by atoms with Gasteiger partial charge in [-0.15, -0.1) is 0 Å². The molecule has 8 heteroatoms. The Bertz CT molecular complexity index is 736. The van der Waals surface area contributed by atoms with E-state index in [9.17, 15) is 18.0 Å². The van der Waals surface area contributed by atoms with E-state index in [2.05, 4.69) is 23.4 Å². The summed E-state index contributed by atoms with van der Waals surface area (Å²) >= 11 is 0. The van der Waals surface area contributed by atoms with Crippen LogP contribution in [-0.4, -0.2) is 30.5 Å². The first-order chi connectivity index (χ1) is 14.2. The van der Waals surface area contributed by atoms with Gasteiger partial charge in [0.05, 0.1) is 19.8 Å². The highest BCUT2D eigenvalue weighted by molar-refractivity contribution is 5.91. The number of hydrogen-bond acceptors (Lipinski definition) is 4. The van der Waals surface area contributed by atoms with Gasteiger partial charge in [-0.3, -0.25) is 4.79 Å². The van der Waals surface area contributed by atoms with Crippen molar-refractivity contribution in [3.8, 4) is 5.75 Å². The van der Waals surface area contributed by atoms with Gasteiger partial charge in [-0.05, 0) is 30.0 Å². The number of aliphatic hydroxyl groups is 1. The molecule has 0 aromatic heterocycles. The van der Waals surface area contributed by atoms with Crippen LogP contribution in [0.4, 0.5) is 13.2 Å². The number of allylic oxidation sites excluding steroid dienone is 1. The van der Waals surface area contributed by atoms with Crippen LogP contribution in [0, 0.1) is 12.5 Å². The molecule has 0 heterocycles. The number of nitrogens with zero attached hydrogens (tertiary/aromatic N) is 1. The highest BCUT2D eigenvalue weighted by Crippen LogP contribution is 2.27. The van der Waals surface area contributed by atoms with Gasteiger partial charge in [-0.2, -0.15) is 13.2 Å². The lowest BCUT2D eigenvalue weighted by Crippen LogP contribution is -2.18. The van der Waals surface area contributed by atoms with Crippen molar-refractivity contribution in [2.45, 2.75) is 58.5 Å². The van der Waals surface area contributed by atoms with E-state index < -0.39 is 23.6 Å². The molecule has 0 aliphatic heterocycles. The van der Waals surface area contributed by atoms with Gasteiger partial charge in [0.1, 0.15) is 5.75 Å². The van der Waals surface area contributed by atoms with Gasteiger partial charge in [0.25, 0.3) is 0 Å². The molecule has 166 valence electrons. The maximum atomic E-state index is 12.4. The molecule has 0 saturated carbocycles.